The van der Waals surface area contributed by atoms with Gasteiger partial charge in [-0.05, 0) is 133 Å². The molecule has 2 amide bonds. The Labute approximate surface area is 390 Å². The van der Waals surface area contributed by atoms with E-state index in [1.807, 2.05) is 46.8 Å². The van der Waals surface area contributed by atoms with Crippen LogP contribution in [0.4, 0.5) is 29.7 Å². The number of ether oxygens (including phenoxy) is 6. The second kappa shape index (κ2) is 20.2. The molecule has 0 saturated carbocycles. The van der Waals surface area contributed by atoms with Crippen LogP contribution in [0.1, 0.15) is 101 Å². The molecule has 0 unspecified atom stereocenters. The predicted molar refractivity (Wildman–Crippen MR) is 247 cm³/mol. The molecule has 4 fully saturated rings. The lowest BCUT2D eigenvalue weighted by Gasteiger charge is -2.38. The number of alkyl halides is 2. The number of aryl methyl sites for hydroxylation is 4. The highest BCUT2D eigenvalue weighted by atomic mass is 32.2. The van der Waals surface area contributed by atoms with Crippen LogP contribution in [0.15, 0.2) is 24.3 Å². The Morgan fingerprint density at radius 3 is 1.30 bits per heavy atom. The van der Waals surface area contributed by atoms with Gasteiger partial charge in [-0.3, -0.25) is 9.80 Å². The summed E-state index contributed by atoms with van der Waals surface area (Å²) in [7, 11) is -5.08. The molecular weight excluding hydrogens is 903 g/mol. The fraction of sp³-hybridized carbons (Fsp3) is 0.696. The summed E-state index contributed by atoms with van der Waals surface area (Å²) in [5.41, 5.74) is 3.99. The number of sulfonamides is 2. The second-order valence-electron chi connectivity index (χ2n) is 19.6. The van der Waals surface area contributed by atoms with Gasteiger partial charge in [-0.15, -0.1) is 0 Å². The Hall–Kier alpha value is -3.50. The number of hydrogen-bond donors (Lipinski definition) is 0. The third-order valence-electron chi connectivity index (χ3n) is 12.2. The monoisotopic (exact) mass is 972 g/mol. The first-order valence-electron chi connectivity index (χ1n) is 22.4. The van der Waals surface area contributed by atoms with Gasteiger partial charge >= 0.3 is 17.4 Å². The van der Waals surface area contributed by atoms with Gasteiger partial charge < -0.3 is 28.4 Å². The number of piperidine rings is 2. The molecule has 4 heterocycles. The summed E-state index contributed by atoms with van der Waals surface area (Å²) in [6.45, 7) is 20.5. The van der Waals surface area contributed by atoms with Crippen LogP contribution in [0.2, 0.25) is 0 Å². The number of rotatable bonds is 10. The van der Waals surface area contributed by atoms with Gasteiger partial charge in [0.05, 0.1) is 38.6 Å². The number of carbonyl (C=O) groups is 2. The van der Waals surface area contributed by atoms with Crippen LogP contribution in [0, 0.1) is 27.7 Å². The molecule has 0 N–H and O–H groups in total. The molecule has 2 spiro atoms. The van der Waals surface area contributed by atoms with Crippen molar-refractivity contribution in [1.29, 1.82) is 0 Å². The Morgan fingerprint density at radius 1 is 0.621 bits per heavy atom. The summed E-state index contributed by atoms with van der Waals surface area (Å²) < 4.78 is 118. The summed E-state index contributed by atoms with van der Waals surface area (Å²) in [5.74, 6) is -1.40. The molecule has 16 nitrogen and oxygen atoms in total. The third-order valence-corrected chi connectivity index (χ3v) is 16.0. The Morgan fingerprint density at radius 2 is 0.955 bits per heavy atom. The molecule has 0 bridgehead atoms. The normalized spacial score (nSPS) is 19.4. The van der Waals surface area contributed by atoms with E-state index in [2.05, 4.69) is 0 Å². The first-order chi connectivity index (χ1) is 30.4. The third kappa shape index (κ3) is 13.0. The maximum Gasteiger partial charge on any atom is 0.414 e. The summed E-state index contributed by atoms with van der Waals surface area (Å²) in [5, 5.41) is -4.00. The quantitative estimate of drug-likeness (QED) is 0.232. The molecule has 4 aliphatic rings. The van der Waals surface area contributed by atoms with Gasteiger partial charge in [-0.2, -0.15) is 13.1 Å². The van der Waals surface area contributed by atoms with Crippen molar-refractivity contribution in [3.8, 4) is 0 Å². The van der Waals surface area contributed by atoms with E-state index in [-0.39, 0.29) is 37.2 Å². The number of anilines is 2. The highest BCUT2D eigenvalue weighted by Gasteiger charge is 2.52. The second-order valence-corrected chi connectivity index (χ2v) is 23.7. The highest BCUT2D eigenvalue weighted by molar-refractivity contribution is 7.90. The zero-order valence-corrected chi connectivity index (χ0v) is 42.3. The lowest BCUT2D eigenvalue weighted by molar-refractivity contribution is -0.179. The van der Waals surface area contributed by atoms with E-state index in [1.165, 1.54) is 16.8 Å². The largest absolute Gasteiger partial charge is 0.443 e. The van der Waals surface area contributed by atoms with Crippen molar-refractivity contribution in [1.82, 2.24) is 8.61 Å². The highest BCUT2D eigenvalue weighted by Crippen LogP contribution is 2.38. The van der Waals surface area contributed by atoms with E-state index >= 15 is 8.78 Å². The first kappa shape index (κ1) is 53.5. The topological polar surface area (TPSA) is 171 Å². The van der Waals surface area contributed by atoms with Gasteiger partial charge in [0.15, 0.2) is 11.6 Å². The van der Waals surface area contributed by atoms with Crippen LogP contribution in [0.3, 0.4) is 0 Å². The standard InChI is InChI=1S/C23H34F2N2O6S.C23H36N2O6S/c1-16-13-18(26(6)20(28)33-21(3,4)5)14-17(2)19(16)15-23(24,25)34(29,30)27-9-7-22(8-10-27)31-11-12-32-22;1-17-15-19(24(6)21(26)31-22(3,4)5)16-18(2)20(17)7-14-32(27,28)25-10-8-23(9-11-25)29-12-13-30-23/h13-14H,7-12,15H2,1-6H3;15-16H,7-14H2,1-6H3. The van der Waals surface area contributed by atoms with Crippen molar-refractivity contribution in [2.75, 3.05) is 82.3 Å². The lowest BCUT2D eigenvalue weighted by atomic mass is 9.99. The molecular formula is C46H70F2N4O12S2. The first-order valence-corrected chi connectivity index (χ1v) is 25.5. The average Bonchev–Trinajstić information content (AvgIpc) is 3.87. The van der Waals surface area contributed by atoms with Gasteiger partial charge in [-0.1, -0.05) is 0 Å². The van der Waals surface area contributed by atoms with E-state index < -0.39 is 66.7 Å². The number of amides is 2. The van der Waals surface area contributed by atoms with Crippen LogP contribution in [0.5, 0.6) is 0 Å². The maximum atomic E-state index is 15.2. The van der Waals surface area contributed by atoms with Crippen molar-refractivity contribution >= 4 is 43.6 Å². The van der Waals surface area contributed by atoms with Crippen LogP contribution in [-0.2, 0) is 61.3 Å². The number of hydrogen-bond acceptors (Lipinski definition) is 12. The van der Waals surface area contributed by atoms with Crippen LogP contribution < -0.4 is 9.80 Å². The lowest BCUT2D eigenvalue weighted by Crippen LogP contribution is -2.52. The fourth-order valence-corrected chi connectivity index (χ4v) is 11.3. The summed E-state index contributed by atoms with van der Waals surface area (Å²) >= 11 is 0. The minimum absolute atomic E-state index is 0.0463. The molecule has 0 radical (unpaired) electrons. The number of nitrogens with zero attached hydrogens (tertiary/aromatic N) is 4. The van der Waals surface area contributed by atoms with Crippen LogP contribution >= 0.6 is 0 Å². The van der Waals surface area contributed by atoms with Crippen LogP contribution in [0.25, 0.3) is 0 Å². The van der Waals surface area contributed by atoms with Crippen molar-refractivity contribution in [3.05, 3.63) is 57.6 Å². The predicted octanol–water partition coefficient (Wildman–Crippen LogP) is 7.36. The van der Waals surface area contributed by atoms with Crippen molar-refractivity contribution < 1.29 is 63.6 Å². The average molecular weight is 973 g/mol. The van der Waals surface area contributed by atoms with Gasteiger partial charge in [0.2, 0.25) is 10.0 Å². The summed E-state index contributed by atoms with van der Waals surface area (Å²) in [6, 6.07) is 6.96. The molecule has 4 saturated heterocycles. The minimum atomic E-state index is -4.90. The maximum absolute atomic E-state index is 15.2. The number of carbonyl (C=O) groups excluding carboxylic acids is 2. The molecule has 4 aliphatic heterocycles. The Kier molecular flexibility index (Phi) is 16.4. The molecule has 2 aromatic rings. The molecule has 0 atom stereocenters. The van der Waals surface area contributed by atoms with Crippen molar-refractivity contribution in [2.24, 2.45) is 0 Å². The van der Waals surface area contributed by atoms with Gasteiger partial charge in [0.25, 0.3) is 10.0 Å². The smallest absolute Gasteiger partial charge is 0.414 e. The SMILES string of the molecule is Cc1cc(N(C)C(=O)OC(C)(C)C)cc(C)c1CC(F)(F)S(=O)(=O)N1CCC2(CC1)OCCO2.Cc1cc(N(C)C(=O)OC(C)(C)C)cc(C)c1CCS(=O)(=O)N1CCC2(CC1)OCCO2. The number of halogens is 2. The van der Waals surface area contributed by atoms with E-state index in [9.17, 15) is 26.4 Å². The van der Waals surface area contributed by atoms with E-state index in [4.69, 9.17) is 28.4 Å². The summed E-state index contributed by atoms with van der Waals surface area (Å²) in [4.78, 5) is 27.5. The molecule has 6 rings (SSSR count). The van der Waals surface area contributed by atoms with E-state index in [0.717, 1.165) is 26.7 Å². The minimum Gasteiger partial charge on any atom is -0.443 e. The zero-order chi connectivity index (χ0) is 49.3. The molecule has 0 aromatic heterocycles. The van der Waals surface area contributed by atoms with Gasteiger partial charge in [-0.25, -0.2) is 30.7 Å². The van der Waals surface area contributed by atoms with Gasteiger partial charge in [0.1, 0.15) is 11.2 Å². The fourth-order valence-electron chi connectivity index (χ4n) is 8.46. The van der Waals surface area contributed by atoms with E-state index in [1.54, 1.807) is 58.1 Å². The Bertz CT molecular complexity index is 2240. The molecule has 372 valence electrons. The van der Waals surface area contributed by atoms with Crippen LogP contribution in [-0.4, -0.2) is 138 Å². The van der Waals surface area contributed by atoms with Crippen molar-refractivity contribution in [2.45, 2.75) is 136 Å². The van der Waals surface area contributed by atoms with Crippen molar-refractivity contribution in [3.63, 3.8) is 0 Å². The Balaban J connectivity index is 0.000000248. The number of benzene rings is 2. The van der Waals surface area contributed by atoms with E-state index in [0.29, 0.717) is 75.6 Å². The summed E-state index contributed by atoms with van der Waals surface area (Å²) in [6.07, 6.45) is 0.0162. The zero-order valence-electron chi connectivity index (χ0n) is 40.7. The van der Waals surface area contributed by atoms with Gasteiger partial charge in [0, 0.05) is 77.3 Å². The molecule has 66 heavy (non-hydrogen) atoms. The molecule has 2 aromatic carbocycles. The molecule has 20 heteroatoms. The molecule has 0 aliphatic carbocycles.